The van der Waals surface area contributed by atoms with E-state index in [0.717, 1.165) is 36.3 Å². The summed E-state index contributed by atoms with van der Waals surface area (Å²) in [5, 5.41) is 0. The smallest absolute Gasteiger partial charge is 0.227 e. The van der Waals surface area contributed by atoms with Gasteiger partial charge >= 0.3 is 0 Å². The number of nitrogen functional groups attached to an aromatic ring is 1. The second kappa shape index (κ2) is 6.65. The number of aryl methyl sites for hydroxylation is 2. The van der Waals surface area contributed by atoms with E-state index in [4.69, 9.17) is 5.73 Å². The van der Waals surface area contributed by atoms with Gasteiger partial charge in [-0.05, 0) is 54.7 Å². The predicted molar refractivity (Wildman–Crippen MR) is 95.5 cm³/mol. The molecule has 2 aliphatic heterocycles. The first-order chi connectivity index (χ1) is 11.1. The molecule has 0 spiro atoms. The van der Waals surface area contributed by atoms with E-state index < -0.39 is 0 Å². The lowest BCUT2D eigenvalue weighted by Crippen LogP contribution is -2.31. The molecule has 0 fully saturated rings. The van der Waals surface area contributed by atoms with Crippen molar-refractivity contribution < 1.29 is 4.79 Å². The van der Waals surface area contributed by atoms with Crippen LogP contribution in [0.15, 0.2) is 47.5 Å². The fourth-order valence-corrected chi connectivity index (χ4v) is 2.91. The van der Waals surface area contributed by atoms with Crippen molar-refractivity contribution in [1.29, 1.82) is 0 Å². The third kappa shape index (κ3) is 3.42. The van der Waals surface area contributed by atoms with Gasteiger partial charge < -0.3 is 10.6 Å². The van der Waals surface area contributed by atoms with Gasteiger partial charge in [-0.15, -0.1) is 0 Å². The number of nitrogens with two attached hydrogens (primary N) is 1. The van der Waals surface area contributed by atoms with E-state index in [1.54, 1.807) is 11.9 Å². The number of hydrogen-bond donors (Lipinski definition) is 1. The van der Waals surface area contributed by atoms with Gasteiger partial charge in [0.1, 0.15) is 0 Å². The monoisotopic (exact) mass is 307 g/mol. The van der Waals surface area contributed by atoms with Gasteiger partial charge in [-0.1, -0.05) is 18.2 Å². The fourth-order valence-electron chi connectivity index (χ4n) is 2.91. The van der Waals surface area contributed by atoms with Crippen LogP contribution < -0.4 is 10.6 Å². The maximum Gasteiger partial charge on any atom is 0.227 e. The molecule has 4 heteroatoms. The highest BCUT2D eigenvalue weighted by atomic mass is 16.2. The summed E-state index contributed by atoms with van der Waals surface area (Å²) in [4.78, 5) is 17.3. The normalized spacial score (nSPS) is 15.3. The molecule has 4 nitrogen and oxygen atoms in total. The average molecular weight is 307 g/mol. The Kier molecular flexibility index (Phi) is 4.42. The summed E-state index contributed by atoms with van der Waals surface area (Å²) < 4.78 is 0. The van der Waals surface area contributed by atoms with E-state index in [1.165, 1.54) is 11.1 Å². The van der Waals surface area contributed by atoms with Crippen molar-refractivity contribution in [1.82, 2.24) is 0 Å². The molecule has 0 aliphatic carbocycles. The Balaban J connectivity index is 0.000000140. The first-order valence-corrected chi connectivity index (χ1v) is 7.90. The number of rotatable bonds is 0. The van der Waals surface area contributed by atoms with E-state index in [1.807, 2.05) is 30.5 Å². The van der Waals surface area contributed by atoms with Crippen molar-refractivity contribution in [2.45, 2.75) is 25.7 Å². The second-order valence-electron chi connectivity index (χ2n) is 5.82. The maximum absolute atomic E-state index is 11.3. The maximum atomic E-state index is 11.3. The average Bonchev–Trinajstić information content (AvgIpc) is 2.59. The Bertz CT molecular complexity index is 752. The second-order valence-corrected chi connectivity index (χ2v) is 5.82. The Morgan fingerprint density at radius 2 is 1.87 bits per heavy atom. The van der Waals surface area contributed by atoms with Gasteiger partial charge in [0.25, 0.3) is 0 Å². The molecule has 4 rings (SSSR count). The van der Waals surface area contributed by atoms with Gasteiger partial charge in [0, 0.05) is 31.1 Å². The fraction of sp³-hybridized carbons (Fsp3) is 0.263. The number of amides is 1. The number of carbonyl (C=O) groups is 1. The molecule has 0 aromatic heterocycles. The number of fused-ring (bicyclic) bond motifs is 2. The number of hydrogen-bond acceptors (Lipinski definition) is 3. The van der Waals surface area contributed by atoms with Crippen LogP contribution in [0.2, 0.25) is 0 Å². The van der Waals surface area contributed by atoms with Crippen molar-refractivity contribution >= 4 is 29.2 Å². The molecule has 1 amide bonds. The molecule has 2 N–H and O–H groups in total. The third-order valence-corrected chi connectivity index (χ3v) is 4.21. The Morgan fingerprint density at radius 1 is 1.04 bits per heavy atom. The van der Waals surface area contributed by atoms with Crippen LogP contribution in [0.5, 0.6) is 0 Å². The summed E-state index contributed by atoms with van der Waals surface area (Å²) in [6, 6.07) is 14.0. The largest absolute Gasteiger partial charge is 0.399 e. The van der Waals surface area contributed by atoms with Crippen LogP contribution in [0.25, 0.3) is 0 Å². The van der Waals surface area contributed by atoms with Crippen molar-refractivity contribution in [2.75, 3.05) is 17.7 Å². The Hall–Kier alpha value is -2.62. The third-order valence-electron chi connectivity index (χ3n) is 4.21. The lowest BCUT2D eigenvalue weighted by Gasteiger charge is -2.25. The number of aliphatic imine (C=N–C) groups is 1. The first kappa shape index (κ1) is 15.3. The van der Waals surface area contributed by atoms with Gasteiger partial charge in [-0.2, -0.15) is 0 Å². The summed E-state index contributed by atoms with van der Waals surface area (Å²) in [7, 11) is 1.80. The molecule has 118 valence electrons. The van der Waals surface area contributed by atoms with Gasteiger partial charge in [0.15, 0.2) is 0 Å². The molecule has 2 aliphatic rings. The van der Waals surface area contributed by atoms with Crippen molar-refractivity contribution in [3.63, 3.8) is 0 Å². The lowest BCUT2D eigenvalue weighted by molar-refractivity contribution is -0.118. The summed E-state index contributed by atoms with van der Waals surface area (Å²) in [5.41, 5.74) is 11.1. The summed E-state index contributed by atoms with van der Waals surface area (Å²) in [5.74, 6) is 0.178. The minimum absolute atomic E-state index is 0.178. The van der Waals surface area contributed by atoms with Crippen LogP contribution in [0.3, 0.4) is 0 Å². The van der Waals surface area contributed by atoms with E-state index in [2.05, 4.69) is 23.2 Å². The van der Waals surface area contributed by atoms with Crippen LogP contribution in [-0.2, 0) is 17.6 Å². The molecule has 0 radical (unpaired) electrons. The molecule has 23 heavy (non-hydrogen) atoms. The van der Waals surface area contributed by atoms with Crippen molar-refractivity contribution in [3.05, 3.63) is 53.6 Å². The van der Waals surface area contributed by atoms with Crippen LogP contribution in [-0.4, -0.2) is 19.2 Å². The Labute approximate surface area is 136 Å². The zero-order valence-corrected chi connectivity index (χ0v) is 13.3. The van der Waals surface area contributed by atoms with Crippen molar-refractivity contribution in [2.24, 2.45) is 4.99 Å². The quantitative estimate of drug-likeness (QED) is 0.757. The minimum atomic E-state index is 0.178. The van der Waals surface area contributed by atoms with E-state index >= 15 is 0 Å². The molecule has 0 saturated carbocycles. The first-order valence-electron chi connectivity index (χ1n) is 7.90. The number of carbonyl (C=O) groups excluding carboxylic acids is 1. The highest BCUT2D eigenvalue weighted by Crippen LogP contribution is 2.28. The molecule has 0 unspecified atom stereocenters. The molecule has 0 bridgehead atoms. The van der Waals surface area contributed by atoms with Crippen LogP contribution in [0, 0.1) is 0 Å². The number of para-hydroxylation sites is 1. The predicted octanol–water partition coefficient (Wildman–Crippen LogP) is 3.51. The van der Waals surface area contributed by atoms with Crippen LogP contribution >= 0.6 is 0 Å². The summed E-state index contributed by atoms with van der Waals surface area (Å²) >= 11 is 0. The molecule has 2 aromatic carbocycles. The molecular weight excluding hydrogens is 286 g/mol. The Morgan fingerprint density at radius 3 is 2.70 bits per heavy atom. The number of nitrogens with zero attached hydrogens (tertiary/aromatic N) is 2. The zero-order valence-electron chi connectivity index (χ0n) is 13.3. The van der Waals surface area contributed by atoms with Gasteiger partial charge in [0.2, 0.25) is 5.91 Å². The van der Waals surface area contributed by atoms with Crippen LogP contribution in [0.1, 0.15) is 24.0 Å². The lowest BCUT2D eigenvalue weighted by atomic mass is 10.0. The highest BCUT2D eigenvalue weighted by molar-refractivity contribution is 5.96. The van der Waals surface area contributed by atoms with Gasteiger partial charge in [0.05, 0.1) is 5.69 Å². The number of anilines is 2. The van der Waals surface area contributed by atoms with E-state index in [-0.39, 0.29) is 5.91 Å². The van der Waals surface area contributed by atoms with Crippen molar-refractivity contribution in [3.8, 4) is 0 Å². The highest BCUT2D eigenvalue weighted by Gasteiger charge is 2.20. The molecule has 0 atom stereocenters. The van der Waals surface area contributed by atoms with Gasteiger partial charge in [-0.25, -0.2) is 0 Å². The minimum Gasteiger partial charge on any atom is -0.399 e. The number of benzene rings is 2. The van der Waals surface area contributed by atoms with Crippen LogP contribution in [0.4, 0.5) is 17.1 Å². The molecular formula is C19H21N3O. The summed E-state index contributed by atoms with van der Waals surface area (Å²) in [6.07, 6.45) is 5.63. The molecule has 0 saturated heterocycles. The van der Waals surface area contributed by atoms with Gasteiger partial charge in [-0.3, -0.25) is 9.79 Å². The standard InChI is InChI=1S/C10H12N2O.C9H9N/c1-12-9-4-3-8(11)6-7(9)2-5-10(12)13;1-2-6-9-8(4-1)5-3-7-10-9/h3-4,6H,2,5,11H2,1H3;1-2,4,6-7H,3,5H2. The zero-order chi connectivity index (χ0) is 16.2. The summed E-state index contributed by atoms with van der Waals surface area (Å²) in [6.45, 7) is 0. The van der Waals surface area contributed by atoms with E-state index in [0.29, 0.717) is 6.42 Å². The molecule has 2 heterocycles. The SMILES string of the molecule is C1=Nc2ccccc2CC1.CN1C(=O)CCc2cc(N)ccc21. The molecule has 2 aromatic rings. The van der Waals surface area contributed by atoms with E-state index in [9.17, 15) is 4.79 Å². The topological polar surface area (TPSA) is 58.7 Å².